The molecule has 1 saturated carbocycles. The van der Waals surface area contributed by atoms with E-state index in [1.54, 1.807) is 7.11 Å². The van der Waals surface area contributed by atoms with Crippen molar-refractivity contribution in [3.8, 4) is 0 Å². The lowest BCUT2D eigenvalue weighted by atomic mass is 9.89. The molecule has 0 aromatic heterocycles. The molecule has 17 heavy (non-hydrogen) atoms. The topological polar surface area (TPSA) is 47.3 Å². The first-order valence-corrected chi connectivity index (χ1v) is 6.99. The Balaban J connectivity index is 2.18. The van der Waals surface area contributed by atoms with Crippen LogP contribution in [0.3, 0.4) is 0 Å². The van der Waals surface area contributed by atoms with E-state index < -0.39 is 0 Å². The average molecular weight is 242 g/mol. The molecule has 1 fully saturated rings. The van der Waals surface area contributed by atoms with Gasteiger partial charge in [-0.15, -0.1) is 0 Å². The molecule has 0 spiro atoms. The lowest BCUT2D eigenvalue weighted by Crippen LogP contribution is -2.35. The molecule has 0 bridgehead atoms. The molecule has 0 aromatic rings. The maximum Gasteiger partial charge on any atom is 0.0467 e. The van der Waals surface area contributed by atoms with Crippen molar-refractivity contribution in [1.82, 2.24) is 5.32 Å². The number of methoxy groups -OCH3 is 1. The molecule has 1 aliphatic carbocycles. The van der Waals surface area contributed by atoms with Crippen molar-refractivity contribution in [1.29, 1.82) is 0 Å². The van der Waals surface area contributed by atoms with E-state index in [-0.39, 0.29) is 0 Å². The minimum atomic E-state index is 0.326. The van der Waals surface area contributed by atoms with Crippen LogP contribution in [0.15, 0.2) is 0 Å². The van der Waals surface area contributed by atoms with Crippen LogP contribution in [0, 0.1) is 17.3 Å². The minimum Gasteiger partial charge on any atom is -0.385 e. The molecule has 0 saturated heterocycles. The molecule has 0 heterocycles. The molecule has 0 radical (unpaired) electrons. The van der Waals surface area contributed by atoms with Crippen LogP contribution < -0.4 is 11.1 Å². The first kappa shape index (κ1) is 14.9. The molecule has 2 atom stereocenters. The third kappa shape index (κ3) is 5.36. The van der Waals surface area contributed by atoms with Crippen molar-refractivity contribution in [3.05, 3.63) is 0 Å². The molecule has 0 aromatic carbocycles. The van der Waals surface area contributed by atoms with E-state index in [4.69, 9.17) is 10.5 Å². The van der Waals surface area contributed by atoms with Gasteiger partial charge in [0.1, 0.15) is 0 Å². The van der Waals surface area contributed by atoms with Crippen molar-refractivity contribution < 1.29 is 4.74 Å². The van der Waals surface area contributed by atoms with Crippen LogP contribution in [-0.4, -0.2) is 33.4 Å². The summed E-state index contributed by atoms with van der Waals surface area (Å²) in [6, 6.07) is 0. The van der Waals surface area contributed by atoms with Crippen molar-refractivity contribution >= 4 is 0 Å². The maximum absolute atomic E-state index is 5.80. The fraction of sp³-hybridized carbons (Fsp3) is 1.00. The minimum absolute atomic E-state index is 0.326. The molecule has 102 valence electrons. The second-order valence-corrected chi connectivity index (χ2v) is 6.22. The Hall–Kier alpha value is -0.120. The molecule has 0 amide bonds. The summed E-state index contributed by atoms with van der Waals surface area (Å²) in [6.45, 7) is 8.52. The zero-order valence-electron chi connectivity index (χ0n) is 11.8. The summed E-state index contributed by atoms with van der Waals surface area (Å²) in [5, 5.41) is 3.63. The molecule has 1 aliphatic rings. The Morgan fingerprint density at radius 1 is 1.29 bits per heavy atom. The highest BCUT2D eigenvalue weighted by Gasteiger charge is 2.26. The van der Waals surface area contributed by atoms with E-state index in [0.29, 0.717) is 5.41 Å². The number of nitrogens with one attached hydrogen (secondary N) is 1. The van der Waals surface area contributed by atoms with Gasteiger partial charge in [0.2, 0.25) is 0 Å². The van der Waals surface area contributed by atoms with E-state index in [2.05, 4.69) is 19.2 Å². The van der Waals surface area contributed by atoms with Gasteiger partial charge in [-0.3, -0.25) is 0 Å². The average Bonchev–Trinajstić information content (AvgIpc) is 2.74. The summed E-state index contributed by atoms with van der Waals surface area (Å²) in [4.78, 5) is 0. The number of ether oxygens (including phenoxy) is 1. The summed E-state index contributed by atoms with van der Waals surface area (Å²) in [7, 11) is 1.77. The third-order valence-corrected chi connectivity index (χ3v) is 4.11. The largest absolute Gasteiger partial charge is 0.385 e. The smallest absolute Gasteiger partial charge is 0.0467 e. The summed E-state index contributed by atoms with van der Waals surface area (Å²) in [6.07, 6.45) is 5.16. The predicted octanol–water partition coefficient (Wildman–Crippen LogP) is 2.01. The number of rotatable bonds is 8. The molecule has 1 rings (SSSR count). The molecule has 3 heteroatoms. The second-order valence-electron chi connectivity index (χ2n) is 6.22. The fourth-order valence-electron chi connectivity index (χ4n) is 2.76. The van der Waals surface area contributed by atoms with Crippen LogP contribution in [0.5, 0.6) is 0 Å². The van der Waals surface area contributed by atoms with Gasteiger partial charge >= 0.3 is 0 Å². The van der Waals surface area contributed by atoms with Gasteiger partial charge in [0.25, 0.3) is 0 Å². The van der Waals surface area contributed by atoms with Gasteiger partial charge in [0.15, 0.2) is 0 Å². The quantitative estimate of drug-likeness (QED) is 0.684. The van der Waals surface area contributed by atoms with Crippen LogP contribution >= 0.6 is 0 Å². The van der Waals surface area contributed by atoms with E-state index in [0.717, 1.165) is 44.5 Å². The van der Waals surface area contributed by atoms with Crippen molar-refractivity contribution in [3.63, 3.8) is 0 Å². The van der Waals surface area contributed by atoms with Gasteiger partial charge in [-0.25, -0.2) is 0 Å². The Morgan fingerprint density at radius 2 is 2.00 bits per heavy atom. The van der Waals surface area contributed by atoms with E-state index in [9.17, 15) is 0 Å². The van der Waals surface area contributed by atoms with Crippen LogP contribution in [0.1, 0.15) is 39.5 Å². The van der Waals surface area contributed by atoms with Crippen molar-refractivity contribution in [2.75, 3.05) is 33.4 Å². The van der Waals surface area contributed by atoms with E-state index in [1.165, 1.54) is 19.3 Å². The van der Waals surface area contributed by atoms with Gasteiger partial charge < -0.3 is 15.8 Å². The summed E-state index contributed by atoms with van der Waals surface area (Å²) >= 11 is 0. The van der Waals surface area contributed by atoms with E-state index in [1.807, 2.05) is 0 Å². The Bertz CT molecular complexity index is 206. The molecule has 3 N–H and O–H groups in total. The van der Waals surface area contributed by atoms with E-state index >= 15 is 0 Å². The highest BCUT2D eigenvalue weighted by atomic mass is 16.5. The van der Waals surface area contributed by atoms with Gasteiger partial charge in [-0.05, 0) is 49.6 Å². The number of hydrogen-bond donors (Lipinski definition) is 2. The zero-order valence-corrected chi connectivity index (χ0v) is 11.8. The Morgan fingerprint density at radius 3 is 2.65 bits per heavy atom. The van der Waals surface area contributed by atoms with Gasteiger partial charge in [-0.2, -0.15) is 0 Å². The highest BCUT2D eigenvalue weighted by Crippen LogP contribution is 2.30. The normalized spacial score (nSPS) is 25.4. The van der Waals surface area contributed by atoms with Crippen molar-refractivity contribution in [2.24, 2.45) is 23.0 Å². The SMILES string of the molecule is COCCC(C)(C)CNCC1CCCC1CN. The number of nitrogens with two attached hydrogens (primary N) is 1. The molecule has 0 aliphatic heterocycles. The summed E-state index contributed by atoms with van der Waals surface area (Å²) in [5.41, 5.74) is 6.13. The predicted molar refractivity (Wildman–Crippen MR) is 73.0 cm³/mol. The van der Waals surface area contributed by atoms with Crippen LogP contribution in [0.4, 0.5) is 0 Å². The third-order valence-electron chi connectivity index (χ3n) is 4.11. The molecule has 2 unspecified atom stereocenters. The van der Waals surface area contributed by atoms with Crippen LogP contribution in [0.2, 0.25) is 0 Å². The van der Waals surface area contributed by atoms with Gasteiger partial charge in [-0.1, -0.05) is 20.3 Å². The fourth-order valence-corrected chi connectivity index (χ4v) is 2.76. The standard InChI is InChI=1S/C14H30N2O/c1-14(2,7-8-17-3)11-16-10-13-6-4-5-12(13)9-15/h12-13,16H,4-11,15H2,1-3H3. The lowest BCUT2D eigenvalue weighted by Gasteiger charge is -2.26. The second kappa shape index (κ2) is 7.34. The van der Waals surface area contributed by atoms with Crippen LogP contribution in [0.25, 0.3) is 0 Å². The number of hydrogen-bond acceptors (Lipinski definition) is 3. The summed E-state index contributed by atoms with van der Waals surface area (Å²) < 4.78 is 5.15. The lowest BCUT2D eigenvalue weighted by molar-refractivity contribution is 0.149. The maximum atomic E-state index is 5.80. The first-order valence-electron chi connectivity index (χ1n) is 6.99. The first-order chi connectivity index (χ1) is 8.09. The monoisotopic (exact) mass is 242 g/mol. The Labute approximate surface area is 106 Å². The van der Waals surface area contributed by atoms with Gasteiger partial charge in [0.05, 0.1) is 0 Å². The highest BCUT2D eigenvalue weighted by molar-refractivity contribution is 4.81. The molecule has 3 nitrogen and oxygen atoms in total. The Kier molecular flexibility index (Phi) is 6.45. The molecular formula is C14H30N2O. The van der Waals surface area contributed by atoms with Gasteiger partial charge in [0, 0.05) is 20.3 Å². The molecular weight excluding hydrogens is 212 g/mol. The zero-order chi connectivity index (χ0) is 12.7. The van der Waals surface area contributed by atoms with Crippen molar-refractivity contribution in [2.45, 2.75) is 39.5 Å². The van der Waals surface area contributed by atoms with Crippen LogP contribution in [-0.2, 0) is 4.74 Å². The summed E-state index contributed by atoms with van der Waals surface area (Å²) in [5.74, 6) is 1.56.